The third-order valence-electron chi connectivity index (χ3n) is 4.80. The van der Waals surface area contributed by atoms with Crippen LogP contribution in [-0.2, 0) is 0 Å². The van der Waals surface area contributed by atoms with E-state index in [1.807, 2.05) is 4.90 Å². The van der Waals surface area contributed by atoms with Crippen LogP contribution in [0.1, 0.15) is 36.7 Å². The van der Waals surface area contributed by atoms with Crippen molar-refractivity contribution in [3.63, 3.8) is 0 Å². The summed E-state index contributed by atoms with van der Waals surface area (Å²) < 4.78 is 5.10. The number of carbonyl (C=O) groups is 1. The van der Waals surface area contributed by atoms with Gasteiger partial charge in [0.1, 0.15) is 11.4 Å². The van der Waals surface area contributed by atoms with E-state index < -0.39 is 0 Å². The zero-order valence-corrected chi connectivity index (χ0v) is 13.5. The van der Waals surface area contributed by atoms with Crippen LogP contribution in [0.4, 0.5) is 0 Å². The second-order valence-electron chi connectivity index (χ2n) is 6.52. The van der Waals surface area contributed by atoms with Crippen molar-refractivity contribution < 1.29 is 9.53 Å². The van der Waals surface area contributed by atoms with E-state index in [2.05, 4.69) is 16.8 Å². The predicted molar refractivity (Wildman–Crippen MR) is 85.1 cm³/mol. The summed E-state index contributed by atoms with van der Waals surface area (Å²) in [5, 5.41) is 0. The lowest BCUT2D eigenvalue weighted by Crippen LogP contribution is -2.43. The highest BCUT2D eigenvalue weighted by Crippen LogP contribution is 2.26. The Bertz CT molecular complexity index is 513. The topological polar surface area (TPSA) is 45.7 Å². The van der Waals surface area contributed by atoms with Crippen molar-refractivity contribution in [3.05, 3.63) is 24.0 Å². The molecule has 3 rings (SSSR count). The molecule has 0 aromatic carbocycles. The van der Waals surface area contributed by atoms with E-state index in [4.69, 9.17) is 4.74 Å². The number of nitrogens with zero attached hydrogens (tertiary/aromatic N) is 3. The van der Waals surface area contributed by atoms with Gasteiger partial charge in [-0.2, -0.15) is 0 Å². The Morgan fingerprint density at radius 2 is 2.09 bits per heavy atom. The number of rotatable bonds is 3. The van der Waals surface area contributed by atoms with E-state index in [1.54, 1.807) is 25.4 Å². The van der Waals surface area contributed by atoms with Crippen molar-refractivity contribution in [2.24, 2.45) is 5.92 Å². The number of pyridine rings is 1. The Morgan fingerprint density at radius 3 is 2.68 bits per heavy atom. The van der Waals surface area contributed by atoms with Crippen LogP contribution >= 0.6 is 0 Å². The fourth-order valence-corrected chi connectivity index (χ4v) is 3.32. The number of hydrogen-bond donors (Lipinski definition) is 0. The first-order valence-electron chi connectivity index (χ1n) is 8.20. The van der Waals surface area contributed by atoms with Crippen LogP contribution in [0, 0.1) is 5.92 Å². The second kappa shape index (κ2) is 6.65. The van der Waals surface area contributed by atoms with Crippen molar-refractivity contribution >= 4 is 5.91 Å². The number of methoxy groups -OCH3 is 1. The molecule has 120 valence electrons. The molecule has 1 aliphatic heterocycles. The van der Waals surface area contributed by atoms with Crippen molar-refractivity contribution in [1.29, 1.82) is 0 Å². The lowest BCUT2D eigenvalue weighted by Gasteiger charge is -2.37. The van der Waals surface area contributed by atoms with Gasteiger partial charge in [0.2, 0.25) is 0 Å². The number of ether oxygens (including phenoxy) is 1. The lowest BCUT2D eigenvalue weighted by atomic mass is 9.91. The molecule has 0 N–H and O–H groups in total. The highest BCUT2D eigenvalue weighted by Gasteiger charge is 2.30. The molecule has 1 aromatic rings. The molecule has 2 aliphatic rings. The van der Waals surface area contributed by atoms with Crippen LogP contribution in [-0.4, -0.2) is 60.0 Å². The summed E-state index contributed by atoms with van der Waals surface area (Å²) in [6, 6.07) is 4.29. The van der Waals surface area contributed by atoms with Gasteiger partial charge in [0.15, 0.2) is 0 Å². The van der Waals surface area contributed by atoms with Crippen LogP contribution in [0.25, 0.3) is 0 Å². The Balaban J connectivity index is 1.66. The van der Waals surface area contributed by atoms with Gasteiger partial charge in [-0.05, 0) is 30.9 Å². The summed E-state index contributed by atoms with van der Waals surface area (Å²) >= 11 is 0. The van der Waals surface area contributed by atoms with Gasteiger partial charge >= 0.3 is 0 Å². The molecule has 2 heterocycles. The Labute approximate surface area is 132 Å². The zero-order chi connectivity index (χ0) is 15.5. The van der Waals surface area contributed by atoms with E-state index in [0.29, 0.717) is 17.4 Å². The molecule has 1 aliphatic carbocycles. The number of aromatic nitrogens is 1. The van der Waals surface area contributed by atoms with Gasteiger partial charge < -0.3 is 9.64 Å². The fourth-order valence-electron chi connectivity index (χ4n) is 3.32. The summed E-state index contributed by atoms with van der Waals surface area (Å²) in [6.07, 6.45) is 5.60. The number of amides is 1. The normalized spacial score (nSPS) is 23.7. The van der Waals surface area contributed by atoms with Gasteiger partial charge in [0.25, 0.3) is 5.91 Å². The lowest BCUT2D eigenvalue weighted by molar-refractivity contribution is 0.0737. The average Bonchev–Trinajstić information content (AvgIpc) is 2.67. The van der Waals surface area contributed by atoms with Gasteiger partial charge in [0.05, 0.1) is 13.3 Å². The third-order valence-corrected chi connectivity index (χ3v) is 4.80. The first-order chi connectivity index (χ1) is 10.7. The summed E-state index contributed by atoms with van der Waals surface area (Å²) in [5.74, 6) is 1.22. The number of carbonyl (C=O) groups excluding carboxylic acids is 1. The smallest absolute Gasteiger partial charge is 0.272 e. The van der Waals surface area contributed by atoms with E-state index in [9.17, 15) is 4.79 Å². The van der Waals surface area contributed by atoms with E-state index in [-0.39, 0.29) is 5.91 Å². The maximum atomic E-state index is 12.7. The minimum Gasteiger partial charge on any atom is -0.495 e. The standard InChI is InChI=1S/C17H25N3O2/c1-13-11-19(14-4-3-5-14)8-9-20(12-13)17(21)16-7-6-15(22-2)10-18-16/h6-7,10,13-14H,3-5,8-9,11-12H2,1-2H3. The highest BCUT2D eigenvalue weighted by molar-refractivity contribution is 5.92. The van der Waals surface area contributed by atoms with Gasteiger partial charge in [-0.1, -0.05) is 13.3 Å². The van der Waals surface area contributed by atoms with Crippen LogP contribution in [0.5, 0.6) is 5.75 Å². The molecule has 1 atom stereocenters. The van der Waals surface area contributed by atoms with Gasteiger partial charge in [-0.15, -0.1) is 0 Å². The van der Waals surface area contributed by atoms with Crippen molar-refractivity contribution in [2.45, 2.75) is 32.2 Å². The molecular formula is C17H25N3O2. The third kappa shape index (κ3) is 3.24. The summed E-state index contributed by atoms with van der Waals surface area (Å²) in [4.78, 5) is 21.4. The van der Waals surface area contributed by atoms with Gasteiger partial charge in [-0.25, -0.2) is 4.98 Å². The van der Waals surface area contributed by atoms with E-state index >= 15 is 0 Å². The molecule has 2 fully saturated rings. The Hall–Kier alpha value is -1.62. The predicted octanol–water partition coefficient (Wildman–Crippen LogP) is 2.04. The molecule has 22 heavy (non-hydrogen) atoms. The van der Waals surface area contributed by atoms with Crippen LogP contribution in [0.3, 0.4) is 0 Å². The second-order valence-corrected chi connectivity index (χ2v) is 6.52. The zero-order valence-electron chi connectivity index (χ0n) is 13.5. The Morgan fingerprint density at radius 1 is 1.27 bits per heavy atom. The molecule has 0 bridgehead atoms. The quantitative estimate of drug-likeness (QED) is 0.857. The molecule has 1 saturated heterocycles. The molecule has 5 nitrogen and oxygen atoms in total. The molecule has 0 radical (unpaired) electrons. The first kappa shape index (κ1) is 15.3. The van der Waals surface area contributed by atoms with E-state index in [1.165, 1.54) is 19.3 Å². The van der Waals surface area contributed by atoms with Crippen molar-refractivity contribution in [2.75, 3.05) is 33.3 Å². The summed E-state index contributed by atoms with van der Waals surface area (Å²) in [7, 11) is 1.60. The van der Waals surface area contributed by atoms with Crippen LogP contribution < -0.4 is 4.74 Å². The van der Waals surface area contributed by atoms with Crippen LogP contribution in [0.15, 0.2) is 18.3 Å². The minimum absolute atomic E-state index is 0.0324. The fraction of sp³-hybridized carbons (Fsp3) is 0.647. The summed E-state index contributed by atoms with van der Waals surface area (Å²) in [5.41, 5.74) is 0.505. The van der Waals surface area contributed by atoms with Gasteiger partial charge in [0, 0.05) is 32.2 Å². The summed E-state index contributed by atoms with van der Waals surface area (Å²) in [6.45, 7) is 5.93. The van der Waals surface area contributed by atoms with Gasteiger partial charge in [-0.3, -0.25) is 9.69 Å². The largest absolute Gasteiger partial charge is 0.495 e. The van der Waals surface area contributed by atoms with E-state index in [0.717, 1.165) is 32.2 Å². The average molecular weight is 303 g/mol. The van der Waals surface area contributed by atoms with Crippen molar-refractivity contribution in [1.82, 2.24) is 14.8 Å². The molecular weight excluding hydrogens is 278 g/mol. The molecule has 5 heteroatoms. The molecule has 1 saturated carbocycles. The Kier molecular flexibility index (Phi) is 4.62. The highest BCUT2D eigenvalue weighted by atomic mass is 16.5. The SMILES string of the molecule is COc1ccc(C(=O)N2CCN(C3CCC3)CC(C)C2)nc1. The maximum absolute atomic E-state index is 12.7. The molecule has 1 amide bonds. The van der Waals surface area contributed by atoms with Crippen LogP contribution in [0.2, 0.25) is 0 Å². The molecule has 1 aromatic heterocycles. The van der Waals surface area contributed by atoms with Crippen molar-refractivity contribution in [3.8, 4) is 5.75 Å². The number of hydrogen-bond acceptors (Lipinski definition) is 4. The molecule has 1 unspecified atom stereocenters. The maximum Gasteiger partial charge on any atom is 0.272 e. The first-order valence-corrected chi connectivity index (χ1v) is 8.20. The molecule has 0 spiro atoms. The monoisotopic (exact) mass is 303 g/mol. The minimum atomic E-state index is 0.0324.